The van der Waals surface area contributed by atoms with Crippen LogP contribution in [0.1, 0.15) is 10.4 Å². The number of fused-ring (bicyclic) bond motifs is 1. The number of nitrogens with one attached hydrogen (secondary N) is 1. The summed E-state index contributed by atoms with van der Waals surface area (Å²) in [6, 6.07) is 15.9. The highest BCUT2D eigenvalue weighted by Gasteiger charge is 2.17. The Bertz CT molecular complexity index is 1190. The zero-order valence-electron chi connectivity index (χ0n) is 15.7. The van der Waals surface area contributed by atoms with Gasteiger partial charge in [-0.25, -0.2) is 4.98 Å². The number of ether oxygens (including phenoxy) is 2. The van der Waals surface area contributed by atoms with Crippen molar-refractivity contribution in [1.29, 1.82) is 0 Å². The SMILES string of the molecule is COc1cc(Cl)c(NC(=O)c2cc(-c3ccco3)nc3ccccc23)cc1OC. The Morgan fingerprint density at radius 1 is 1.03 bits per heavy atom. The normalized spacial score (nSPS) is 10.7. The van der Waals surface area contributed by atoms with Crippen LogP contribution < -0.4 is 14.8 Å². The summed E-state index contributed by atoms with van der Waals surface area (Å²) in [5, 5.41) is 3.91. The van der Waals surface area contributed by atoms with Gasteiger partial charge in [-0.3, -0.25) is 4.79 Å². The number of carbonyl (C=O) groups is 1. The van der Waals surface area contributed by atoms with Gasteiger partial charge in [0.25, 0.3) is 5.91 Å². The van der Waals surface area contributed by atoms with E-state index in [0.717, 1.165) is 5.39 Å². The lowest BCUT2D eigenvalue weighted by Gasteiger charge is -2.14. The first kappa shape index (κ1) is 18.8. The molecule has 2 aromatic carbocycles. The number of rotatable bonds is 5. The van der Waals surface area contributed by atoms with Crippen molar-refractivity contribution in [2.75, 3.05) is 19.5 Å². The largest absolute Gasteiger partial charge is 0.493 e. The average molecular weight is 409 g/mol. The topological polar surface area (TPSA) is 73.6 Å². The van der Waals surface area contributed by atoms with Gasteiger partial charge in [0.1, 0.15) is 5.69 Å². The number of nitrogens with zero attached hydrogens (tertiary/aromatic N) is 1. The van der Waals surface area contributed by atoms with Crippen molar-refractivity contribution in [3.63, 3.8) is 0 Å². The van der Waals surface area contributed by atoms with Crippen LogP contribution >= 0.6 is 11.6 Å². The third-order valence-electron chi connectivity index (χ3n) is 4.46. The minimum atomic E-state index is -0.328. The van der Waals surface area contributed by atoms with Crippen molar-refractivity contribution in [2.24, 2.45) is 0 Å². The second kappa shape index (κ2) is 7.85. The molecule has 6 nitrogen and oxygen atoms in total. The zero-order chi connectivity index (χ0) is 20.4. The molecular formula is C22H17ClN2O4. The van der Waals surface area contributed by atoms with Crippen molar-refractivity contribution in [3.05, 3.63) is 71.4 Å². The maximum atomic E-state index is 13.2. The van der Waals surface area contributed by atoms with E-state index in [0.29, 0.717) is 44.7 Å². The van der Waals surface area contributed by atoms with E-state index in [1.807, 2.05) is 24.3 Å². The van der Waals surface area contributed by atoms with Crippen molar-refractivity contribution in [3.8, 4) is 23.0 Å². The second-order valence-corrected chi connectivity index (χ2v) is 6.60. The van der Waals surface area contributed by atoms with Gasteiger partial charge in [0.2, 0.25) is 0 Å². The highest BCUT2D eigenvalue weighted by atomic mass is 35.5. The number of anilines is 1. The lowest BCUT2D eigenvalue weighted by molar-refractivity contribution is 0.102. The lowest BCUT2D eigenvalue weighted by Crippen LogP contribution is -2.13. The fourth-order valence-corrected chi connectivity index (χ4v) is 3.25. The predicted octanol–water partition coefficient (Wildman–Crippen LogP) is 5.42. The summed E-state index contributed by atoms with van der Waals surface area (Å²) in [7, 11) is 3.04. The highest BCUT2D eigenvalue weighted by molar-refractivity contribution is 6.34. The Balaban J connectivity index is 1.78. The number of para-hydroxylation sites is 1. The van der Waals surface area contributed by atoms with Crippen LogP contribution in [0.25, 0.3) is 22.4 Å². The van der Waals surface area contributed by atoms with Gasteiger partial charge < -0.3 is 19.2 Å². The third-order valence-corrected chi connectivity index (χ3v) is 4.77. The first-order chi connectivity index (χ1) is 14.1. The molecule has 0 spiro atoms. The first-order valence-electron chi connectivity index (χ1n) is 8.77. The smallest absolute Gasteiger partial charge is 0.256 e. The van der Waals surface area contributed by atoms with E-state index in [2.05, 4.69) is 10.3 Å². The molecule has 0 aliphatic heterocycles. The Hall–Kier alpha value is -3.51. The van der Waals surface area contributed by atoms with Crippen molar-refractivity contribution in [2.45, 2.75) is 0 Å². The Morgan fingerprint density at radius 3 is 2.52 bits per heavy atom. The van der Waals surface area contributed by atoms with Crippen LogP contribution in [0.15, 0.2) is 65.3 Å². The molecule has 1 N–H and O–H groups in total. The van der Waals surface area contributed by atoms with Crippen LogP contribution in [0, 0.1) is 0 Å². The van der Waals surface area contributed by atoms with Gasteiger partial charge in [-0.2, -0.15) is 0 Å². The van der Waals surface area contributed by atoms with Crippen LogP contribution in [-0.2, 0) is 0 Å². The molecule has 4 rings (SSSR count). The molecule has 0 saturated heterocycles. The van der Waals surface area contributed by atoms with E-state index in [-0.39, 0.29) is 5.91 Å². The fraction of sp³-hybridized carbons (Fsp3) is 0.0909. The number of amides is 1. The Morgan fingerprint density at radius 2 is 1.79 bits per heavy atom. The maximum absolute atomic E-state index is 13.2. The number of furan rings is 1. The van der Waals surface area contributed by atoms with Crippen molar-refractivity contribution < 1.29 is 18.7 Å². The summed E-state index contributed by atoms with van der Waals surface area (Å²) in [4.78, 5) is 17.8. The molecule has 0 bridgehead atoms. The van der Waals surface area contributed by atoms with E-state index in [9.17, 15) is 4.79 Å². The third kappa shape index (κ3) is 3.62. The molecule has 0 aliphatic carbocycles. The molecule has 0 atom stereocenters. The number of carbonyl (C=O) groups excluding carboxylic acids is 1. The van der Waals surface area contributed by atoms with Gasteiger partial charge in [0.15, 0.2) is 17.3 Å². The average Bonchev–Trinajstić information content (AvgIpc) is 3.29. The van der Waals surface area contributed by atoms with E-state index in [4.69, 9.17) is 25.5 Å². The maximum Gasteiger partial charge on any atom is 0.256 e. The quantitative estimate of drug-likeness (QED) is 0.477. The summed E-state index contributed by atoms with van der Waals surface area (Å²) in [6.07, 6.45) is 1.56. The van der Waals surface area contributed by atoms with Gasteiger partial charge in [-0.05, 0) is 24.3 Å². The highest BCUT2D eigenvalue weighted by Crippen LogP contribution is 2.36. The molecule has 0 fully saturated rings. The molecule has 146 valence electrons. The van der Waals surface area contributed by atoms with Crippen molar-refractivity contribution in [1.82, 2.24) is 4.98 Å². The van der Waals surface area contributed by atoms with Gasteiger partial charge in [0, 0.05) is 17.5 Å². The molecule has 29 heavy (non-hydrogen) atoms. The molecule has 2 heterocycles. The summed E-state index contributed by atoms with van der Waals surface area (Å²) in [5.74, 6) is 1.19. The lowest BCUT2D eigenvalue weighted by atomic mass is 10.1. The van der Waals surface area contributed by atoms with Gasteiger partial charge in [0.05, 0.1) is 42.3 Å². The zero-order valence-corrected chi connectivity index (χ0v) is 16.5. The van der Waals surface area contributed by atoms with Gasteiger partial charge in [-0.1, -0.05) is 29.8 Å². The van der Waals surface area contributed by atoms with E-state index < -0.39 is 0 Å². The van der Waals surface area contributed by atoms with E-state index in [1.165, 1.54) is 14.2 Å². The standard InChI is InChI=1S/C22H17ClN2O4/c1-27-20-11-15(23)17(12-21(20)28-2)25-22(26)14-10-18(19-8-5-9-29-19)24-16-7-4-3-6-13(14)16/h3-12H,1-2H3,(H,25,26). The molecule has 0 aliphatic rings. The Kier molecular flexibility index (Phi) is 5.10. The molecule has 0 radical (unpaired) electrons. The van der Waals surface area contributed by atoms with Crippen LogP contribution in [0.5, 0.6) is 11.5 Å². The molecule has 0 unspecified atom stereocenters. The van der Waals surface area contributed by atoms with Gasteiger partial charge in [-0.15, -0.1) is 0 Å². The van der Waals surface area contributed by atoms with Gasteiger partial charge >= 0.3 is 0 Å². The molecule has 4 aromatic rings. The summed E-state index contributed by atoms with van der Waals surface area (Å²) in [6.45, 7) is 0. The molecule has 0 saturated carbocycles. The number of methoxy groups -OCH3 is 2. The molecule has 7 heteroatoms. The minimum Gasteiger partial charge on any atom is -0.493 e. The van der Waals surface area contributed by atoms with Crippen LogP contribution in [0.3, 0.4) is 0 Å². The van der Waals surface area contributed by atoms with E-state index >= 15 is 0 Å². The monoisotopic (exact) mass is 408 g/mol. The second-order valence-electron chi connectivity index (χ2n) is 6.19. The predicted molar refractivity (Wildman–Crippen MR) is 112 cm³/mol. The van der Waals surface area contributed by atoms with Crippen LogP contribution in [0.2, 0.25) is 5.02 Å². The fourth-order valence-electron chi connectivity index (χ4n) is 3.05. The molecule has 2 aromatic heterocycles. The minimum absolute atomic E-state index is 0.328. The number of benzene rings is 2. The summed E-state index contributed by atoms with van der Waals surface area (Å²) >= 11 is 6.32. The van der Waals surface area contributed by atoms with Crippen LogP contribution in [0.4, 0.5) is 5.69 Å². The Labute approximate surface area is 172 Å². The number of pyridine rings is 1. The number of hydrogen-bond acceptors (Lipinski definition) is 5. The first-order valence-corrected chi connectivity index (χ1v) is 9.15. The van der Waals surface area contributed by atoms with E-state index in [1.54, 1.807) is 36.6 Å². The number of hydrogen-bond donors (Lipinski definition) is 1. The number of aromatic nitrogens is 1. The summed E-state index contributed by atoms with van der Waals surface area (Å²) in [5.41, 5.74) is 2.12. The van der Waals surface area contributed by atoms with Crippen LogP contribution in [-0.4, -0.2) is 25.1 Å². The number of halogens is 1. The molecule has 1 amide bonds. The van der Waals surface area contributed by atoms with Crippen molar-refractivity contribution >= 4 is 34.1 Å². The summed E-state index contributed by atoms with van der Waals surface area (Å²) < 4.78 is 16.0. The molecular weight excluding hydrogens is 392 g/mol.